The summed E-state index contributed by atoms with van der Waals surface area (Å²) >= 11 is 0. The predicted octanol–water partition coefficient (Wildman–Crippen LogP) is 3.58. The Kier molecular flexibility index (Phi) is 2.91. The molecular formula is C12H18. The van der Waals surface area contributed by atoms with Gasteiger partial charge in [0.15, 0.2) is 0 Å². The van der Waals surface area contributed by atoms with E-state index in [2.05, 4.69) is 32.7 Å². The van der Waals surface area contributed by atoms with Crippen molar-refractivity contribution >= 4 is 0 Å². The van der Waals surface area contributed by atoms with Gasteiger partial charge in [0, 0.05) is 0 Å². The lowest BCUT2D eigenvalue weighted by atomic mass is 9.73. The SMILES string of the molecule is C=C[C@H]1C[C@@H](C=C)C(=C)[C@@H](C)C1. The third-order valence-corrected chi connectivity index (χ3v) is 2.94. The van der Waals surface area contributed by atoms with Crippen LogP contribution in [0.25, 0.3) is 0 Å². The molecule has 0 radical (unpaired) electrons. The summed E-state index contributed by atoms with van der Waals surface area (Å²) < 4.78 is 0. The highest BCUT2D eigenvalue weighted by atomic mass is 14.3. The van der Waals surface area contributed by atoms with Crippen LogP contribution in [0.1, 0.15) is 19.8 Å². The molecule has 1 rings (SSSR count). The minimum Gasteiger partial charge on any atom is -0.103 e. The quantitative estimate of drug-likeness (QED) is 0.544. The summed E-state index contributed by atoms with van der Waals surface area (Å²) in [7, 11) is 0. The lowest BCUT2D eigenvalue weighted by Crippen LogP contribution is -2.21. The summed E-state index contributed by atoms with van der Waals surface area (Å²) in [6.07, 6.45) is 6.47. The van der Waals surface area contributed by atoms with Crippen molar-refractivity contribution in [2.45, 2.75) is 19.8 Å². The molecule has 1 saturated carbocycles. The molecule has 0 heterocycles. The first kappa shape index (κ1) is 9.31. The summed E-state index contributed by atoms with van der Waals surface area (Å²) in [6, 6.07) is 0. The monoisotopic (exact) mass is 162 g/mol. The summed E-state index contributed by atoms with van der Waals surface area (Å²) in [6.45, 7) is 14.0. The molecule has 0 saturated heterocycles. The minimum atomic E-state index is 0.511. The number of hydrogen-bond acceptors (Lipinski definition) is 0. The molecule has 0 N–H and O–H groups in total. The normalized spacial score (nSPS) is 36.1. The van der Waals surface area contributed by atoms with Crippen LogP contribution in [0.3, 0.4) is 0 Å². The third kappa shape index (κ3) is 1.69. The van der Waals surface area contributed by atoms with Gasteiger partial charge in [0.1, 0.15) is 0 Å². The second kappa shape index (κ2) is 3.75. The lowest BCUT2D eigenvalue weighted by molar-refractivity contribution is 0.359. The highest BCUT2D eigenvalue weighted by molar-refractivity contribution is 5.15. The minimum absolute atomic E-state index is 0.511. The van der Waals surface area contributed by atoms with Gasteiger partial charge in [-0.15, -0.1) is 13.2 Å². The molecule has 0 spiro atoms. The van der Waals surface area contributed by atoms with Gasteiger partial charge in [-0.3, -0.25) is 0 Å². The number of hydrogen-bond donors (Lipinski definition) is 0. The molecular weight excluding hydrogens is 144 g/mol. The van der Waals surface area contributed by atoms with E-state index in [0.717, 1.165) is 6.42 Å². The van der Waals surface area contributed by atoms with E-state index in [9.17, 15) is 0 Å². The molecule has 0 nitrogen and oxygen atoms in total. The highest BCUT2D eigenvalue weighted by Crippen LogP contribution is 2.37. The maximum Gasteiger partial charge on any atom is -0.00204 e. The lowest BCUT2D eigenvalue weighted by Gasteiger charge is -2.32. The van der Waals surface area contributed by atoms with Gasteiger partial charge in [-0.25, -0.2) is 0 Å². The Morgan fingerprint density at radius 3 is 2.42 bits per heavy atom. The molecule has 1 aliphatic carbocycles. The van der Waals surface area contributed by atoms with E-state index < -0.39 is 0 Å². The van der Waals surface area contributed by atoms with Crippen LogP contribution < -0.4 is 0 Å². The van der Waals surface area contributed by atoms with Gasteiger partial charge in [-0.05, 0) is 30.6 Å². The number of rotatable bonds is 2. The molecule has 0 aliphatic heterocycles. The zero-order valence-corrected chi connectivity index (χ0v) is 7.92. The van der Waals surface area contributed by atoms with E-state index in [4.69, 9.17) is 0 Å². The second-order valence-corrected chi connectivity index (χ2v) is 3.79. The molecule has 3 atom stereocenters. The van der Waals surface area contributed by atoms with Crippen molar-refractivity contribution in [2.24, 2.45) is 17.8 Å². The molecule has 66 valence electrons. The average molecular weight is 162 g/mol. The number of allylic oxidation sites excluding steroid dienone is 3. The molecule has 0 heteroatoms. The molecule has 1 aliphatic rings. The molecule has 0 bridgehead atoms. The van der Waals surface area contributed by atoms with Gasteiger partial charge in [-0.1, -0.05) is 31.2 Å². The first-order valence-corrected chi connectivity index (χ1v) is 4.62. The van der Waals surface area contributed by atoms with Crippen LogP contribution in [0.15, 0.2) is 37.5 Å². The maximum atomic E-state index is 4.11. The summed E-state index contributed by atoms with van der Waals surface area (Å²) in [5, 5.41) is 0. The van der Waals surface area contributed by atoms with Crippen molar-refractivity contribution in [2.75, 3.05) is 0 Å². The predicted molar refractivity (Wildman–Crippen MR) is 54.9 cm³/mol. The summed E-state index contributed by atoms with van der Waals surface area (Å²) in [4.78, 5) is 0. The Bertz CT molecular complexity index is 200. The molecule has 0 aromatic carbocycles. The maximum absolute atomic E-state index is 4.11. The summed E-state index contributed by atoms with van der Waals surface area (Å²) in [5.74, 6) is 1.80. The Morgan fingerprint density at radius 2 is 1.92 bits per heavy atom. The standard InChI is InChI=1S/C12H18/c1-5-11-7-9(3)10(4)12(6-2)8-11/h5-6,9,11-12H,1-2,4,7-8H2,3H3/t9-,11+,12+/m0/s1. The van der Waals surface area contributed by atoms with E-state index >= 15 is 0 Å². The molecule has 0 unspecified atom stereocenters. The third-order valence-electron chi connectivity index (χ3n) is 2.94. The van der Waals surface area contributed by atoms with Crippen LogP contribution in [0.4, 0.5) is 0 Å². The van der Waals surface area contributed by atoms with Crippen molar-refractivity contribution in [1.82, 2.24) is 0 Å². The second-order valence-electron chi connectivity index (χ2n) is 3.79. The van der Waals surface area contributed by atoms with E-state index in [1.54, 1.807) is 0 Å². The van der Waals surface area contributed by atoms with E-state index in [0.29, 0.717) is 17.8 Å². The van der Waals surface area contributed by atoms with E-state index in [-0.39, 0.29) is 0 Å². The van der Waals surface area contributed by atoms with Gasteiger partial charge in [0.25, 0.3) is 0 Å². The fourth-order valence-electron chi connectivity index (χ4n) is 1.98. The van der Waals surface area contributed by atoms with Crippen molar-refractivity contribution in [3.8, 4) is 0 Å². The van der Waals surface area contributed by atoms with E-state index in [1.165, 1.54) is 12.0 Å². The molecule has 1 fully saturated rings. The Balaban J connectivity index is 2.70. The van der Waals surface area contributed by atoms with Gasteiger partial charge >= 0.3 is 0 Å². The van der Waals surface area contributed by atoms with Crippen molar-refractivity contribution in [3.63, 3.8) is 0 Å². The van der Waals surface area contributed by atoms with Gasteiger partial charge < -0.3 is 0 Å². The topological polar surface area (TPSA) is 0 Å². The first-order chi connectivity index (χ1) is 5.69. The van der Waals surface area contributed by atoms with Crippen LogP contribution >= 0.6 is 0 Å². The Labute approximate surface area is 75.7 Å². The fraction of sp³-hybridized carbons (Fsp3) is 0.500. The molecule has 0 amide bonds. The van der Waals surface area contributed by atoms with Gasteiger partial charge in [0.2, 0.25) is 0 Å². The zero-order valence-electron chi connectivity index (χ0n) is 7.92. The largest absolute Gasteiger partial charge is 0.103 e. The van der Waals surface area contributed by atoms with Gasteiger partial charge in [0.05, 0.1) is 0 Å². The molecule has 12 heavy (non-hydrogen) atoms. The first-order valence-electron chi connectivity index (χ1n) is 4.62. The van der Waals surface area contributed by atoms with Crippen LogP contribution in [-0.2, 0) is 0 Å². The zero-order chi connectivity index (χ0) is 9.14. The average Bonchev–Trinajstić information content (AvgIpc) is 2.09. The smallest absolute Gasteiger partial charge is 0.00204 e. The molecule has 0 aromatic rings. The molecule has 0 aromatic heterocycles. The van der Waals surface area contributed by atoms with Gasteiger partial charge in [-0.2, -0.15) is 0 Å². The fourth-order valence-corrected chi connectivity index (χ4v) is 1.98. The van der Waals surface area contributed by atoms with E-state index in [1.807, 2.05) is 6.08 Å². The van der Waals surface area contributed by atoms with Crippen LogP contribution in [0.2, 0.25) is 0 Å². The highest BCUT2D eigenvalue weighted by Gasteiger charge is 2.25. The van der Waals surface area contributed by atoms with Crippen molar-refractivity contribution in [3.05, 3.63) is 37.5 Å². The Morgan fingerprint density at radius 1 is 1.25 bits per heavy atom. The van der Waals surface area contributed by atoms with Crippen LogP contribution in [-0.4, -0.2) is 0 Å². The van der Waals surface area contributed by atoms with Crippen LogP contribution in [0, 0.1) is 17.8 Å². The van der Waals surface area contributed by atoms with Crippen molar-refractivity contribution < 1.29 is 0 Å². The van der Waals surface area contributed by atoms with Crippen LogP contribution in [0.5, 0.6) is 0 Å². The Hall–Kier alpha value is -0.780. The summed E-state index contributed by atoms with van der Waals surface area (Å²) in [5.41, 5.74) is 1.35. The van der Waals surface area contributed by atoms with Crippen molar-refractivity contribution in [1.29, 1.82) is 0 Å².